The first-order chi connectivity index (χ1) is 7.29. The predicted octanol–water partition coefficient (Wildman–Crippen LogP) is 4.72. The minimum atomic E-state index is -0.156. The highest BCUT2D eigenvalue weighted by atomic mass is 35.5. The number of rotatable bonds is 3. The van der Waals surface area contributed by atoms with Gasteiger partial charge in [0.15, 0.2) is 0 Å². The molecule has 1 atom stereocenters. The van der Waals surface area contributed by atoms with Gasteiger partial charge in [-0.15, -0.1) is 11.6 Å². The quantitative estimate of drug-likeness (QED) is 0.673. The van der Waals surface area contributed by atoms with Crippen molar-refractivity contribution in [1.82, 2.24) is 0 Å². The van der Waals surface area contributed by atoms with Crippen molar-refractivity contribution >= 4 is 11.6 Å². The Bertz CT molecular complexity index is 332. The van der Waals surface area contributed by atoms with E-state index >= 15 is 0 Å². The molecule has 0 aliphatic rings. The van der Waals surface area contributed by atoms with Gasteiger partial charge >= 0.3 is 0 Å². The summed E-state index contributed by atoms with van der Waals surface area (Å²) in [5.41, 5.74) is 2.11. The zero-order chi connectivity index (χ0) is 12.3. The van der Waals surface area contributed by atoms with Crippen LogP contribution in [0.4, 0.5) is 4.39 Å². The largest absolute Gasteiger partial charge is 0.207 e. The SMILES string of the molecule is Cc1cc(F)cc(CCC(Cl)C(C)(C)C)c1. The molecule has 0 radical (unpaired) electrons. The van der Waals surface area contributed by atoms with Gasteiger partial charge in [0.1, 0.15) is 5.82 Å². The third-order valence-electron chi connectivity index (χ3n) is 2.73. The number of aryl methyl sites for hydroxylation is 2. The number of benzene rings is 1. The first-order valence-electron chi connectivity index (χ1n) is 5.69. The molecule has 0 aromatic heterocycles. The third kappa shape index (κ3) is 4.13. The second kappa shape index (κ2) is 5.18. The molecule has 0 nitrogen and oxygen atoms in total. The molecule has 0 fully saturated rings. The van der Waals surface area contributed by atoms with Crippen LogP contribution < -0.4 is 0 Å². The average Bonchev–Trinajstić information content (AvgIpc) is 2.11. The summed E-state index contributed by atoms with van der Waals surface area (Å²) in [6.07, 6.45) is 1.72. The lowest BCUT2D eigenvalue weighted by molar-refractivity contribution is 0.374. The summed E-state index contributed by atoms with van der Waals surface area (Å²) in [5.74, 6) is -0.156. The van der Waals surface area contributed by atoms with Gasteiger partial charge in [0.2, 0.25) is 0 Å². The Morgan fingerprint density at radius 2 is 1.88 bits per heavy atom. The summed E-state index contributed by atoms with van der Waals surface area (Å²) < 4.78 is 13.2. The maximum Gasteiger partial charge on any atom is 0.123 e. The van der Waals surface area contributed by atoms with Crippen molar-refractivity contribution in [2.75, 3.05) is 0 Å². The van der Waals surface area contributed by atoms with Gasteiger partial charge in [-0.1, -0.05) is 26.8 Å². The van der Waals surface area contributed by atoms with E-state index in [2.05, 4.69) is 20.8 Å². The number of hydrogen-bond donors (Lipinski definition) is 0. The van der Waals surface area contributed by atoms with E-state index < -0.39 is 0 Å². The fraction of sp³-hybridized carbons (Fsp3) is 0.571. The molecule has 0 saturated carbocycles. The van der Waals surface area contributed by atoms with Crippen LogP contribution >= 0.6 is 11.6 Å². The molecule has 0 bridgehead atoms. The first kappa shape index (κ1) is 13.5. The van der Waals surface area contributed by atoms with Gasteiger partial charge in [0, 0.05) is 5.38 Å². The highest BCUT2D eigenvalue weighted by molar-refractivity contribution is 6.21. The monoisotopic (exact) mass is 242 g/mol. The van der Waals surface area contributed by atoms with Crippen LogP contribution in [0.1, 0.15) is 38.3 Å². The molecule has 0 saturated heterocycles. The third-order valence-corrected chi connectivity index (χ3v) is 3.60. The van der Waals surface area contributed by atoms with Crippen LogP contribution in [0.2, 0.25) is 0 Å². The van der Waals surface area contributed by atoms with Crippen LogP contribution in [-0.2, 0) is 6.42 Å². The molecule has 0 aliphatic carbocycles. The Labute approximate surface area is 103 Å². The van der Waals surface area contributed by atoms with E-state index in [1.807, 2.05) is 13.0 Å². The lowest BCUT2D eigenvalue weighted by Crippen LogP contribution is -2.21. The summed E-state index contributed by atoms with van der Waals surface area (Å²) in [6.45, 7) is 8.29. The zero-order valence-corrected chi connectivity index (χ0v) is 11.2. The molecule has 0 amide bonds. The van der Waals surface area contributed by atoms with Crippen LogP contribution in [0.5, 0.6) is 0 Å². The van der Waals surface area contributed by atoms with Gasteiger partial charge in [-0.2, -0.15) is 0 Å². The Morgan fingerprint density at radius 3 is 2.38 bits per heavy atom. The molecule has 1 unspecified atom stereocenters. The van der Waals surface area contributed by atoms with E-state index in [-0.39, 0.29) is 16.6 Å². The molecular weight excluding hydrogens is 223 g/mol. The van der Waals surface area contributed by atoms with Crippen LogP contribution in [-0.4, -0.2) is 5.38 Å². The maximum absolute atomic E-state index is 13.2. The van der Waals surface area contributed by atoms with E-state index in [1.165, 1.54) is 0 Å². The number of alkyl halides is 1. The van der Waals surface area contributed by atoms with Crippen molar-refractivity contribution in [3.8, 4) is 0 Å². The van der Waals surface area contributed by atoms with E-state index in [0.717, 1.165) is 24.0 Å². The molecule has 2 heteroatoms. The fourth-order valence-corrected chi connectivity index (χ4v) is 1.79. The number of hydrogen-bond acceptors (Lipinski definition) is 0. The molecule has 1 aromatic carbocycles. The Hall–Kier alpha value is -0.560. The summed E-state index contributed by atoms with van der Waals surface area (Å²) in [5, 5.41) is 0.121. The maximum atomic E-state index is 13.2. The van der Waals surface area contributed by atoms with Gasteiger partial charge in [0.25, 0.3) is 0 Å². The molecule has 0 spiro atoms. The van der Waals surface area contributed by atoms with Crippen molar-refractivity contribution in [2.24, 2.45) is 5.41 Å². The molecule has 0 aliphatic heterocycles. The van der Waals surface area contributed by atoms with Crippen molar-refractivity contribution in [3.05, 3.63) is 35.1 Å². The minimum Gasteiger partial charge on any atom is -0.207 e. The van der Waals surface area contributed by atoms with Crippen LogP contribution in [0.25, 0.3) is 0 Å². The Morgan fingerprint density at radius 1 is 1.25 bits per heavy atom. The van der Waals surface area contributed by atoms with Crippen LogP contribution in [0, 0.1) is 18.2 Å². The van der Waals surface area contributed by atoms with E-state index in [4.69, 9.17) is 11.6 Å². The van der Waals surface area contributed by atoms with E-state index in [1.54, 1.807) is 12.1 Å². The highest BCUT2D eigenvalue weighted by Gasteiger charge is 2.21. The molecule has 90 valence electrons. The predicted molar refractivity (Wildman–Crippen MR) is 68.6 cm³/mol. The van der Waals surface area contributed by atoms with Crippen molar-refractivity contribution in [3.63, 3.8) is 0 Å². The standard InChI is InChI=1S/C14H20ClF/c1-10-7-11(9-12(16)8-10)5-6-13(15)14(2,3)4/h7-9,13H,5-6H2,1-4H3. The average molecular weight is 243 g/mol. The molecule has 16 heavy (non-hydrogen) atoms. The summed E-state index contributed by atoms with van der Waals surface area (Å²) in [6, 6.07) is 5.17. The second-order valence-electron chi connectivity index (χ2n) is 5.51. The lowest BCUT2D eigenvalue weighted by atomic mass is 9.88. The first-order valence-corrected chi connectivity index (χ1v) is 6.13. The smallest absolute Gasteiger partial charge is 0.123 e. The van der Waals surface area contributed by atoms with Gasteiger partial charge in [0.05, 0.1) is 0 Å². The molecule has 0 N–H and O–H groups in total. The van der Waals surface area contributed by atoms with Gasteiger partial charge in [-0.25, -0.2) is 4.39 Å². The zero-order valence-electron chi connectivity index (χ0n) is 10.5. The number of halogens is 2. The van der Waals surface area contributed by atoms with Crippen LogP contribution in [0.15, 0.2) is 18.2 Å². The Kier molecular flexibility index (Phi) is 4.37. The van der Waals surface area contributed by atoms with E-state index in [0.29, 0.717) is 0 Å². The highest BCUT2D eigenvalue weighted by Crippen LogP contribution is 2.28. The lowest BCUT2D eigenvalue weighted by Gasteiger charge is -2.25. The van der Waals surface area contributed by atoms with Gasteiger partial charge in [-0.05, 0) is 48.4 Å². The second-order valence-corrected chi connectivity index (χ2v) is 6.04. The van der Waals surface area contributed by atoms with Gasteiger partial charge in [-0.3, -0.25) is 0 Å². The Balaban J connectivity index is 2.61. The van der Waals surface area contributed by atoms with Gasteiger partial charge < -0.3 is 0 Å². The summed E-state index contributed by atoms with van der Waals surface area (Å²) in [7, 11) is 0. The summed E-state index contributed by atoms with van der Waals surface area (Å²) >= 11 is 6.29. The molecular formula is C14H20ClF. The normalized spacial score (nSPS) is 13.9. The molecule has 1 rings (SSSR count). The van der Waals surface area contributed by atoms with Crippen molar-refractivity contribution in [1.29, 1.82) is 0 Å². The fourth-order valence-electron chi connectivity index (χ4n) is 1.68. The summed E-state index contributed by atoms with van der Waals surface area (Å²) in [4.78, 5) is 0. The van der Waals surface area contributed by atoms with Crippen LogP contribution in [0.3, 0.4) is 0 Å². The molecule has 0 heterocycles. The minimum absolute atomic E-state index is 0.101. The van der Waals surface area contributed by atoms with Crippen molar-refractivity contribution < 1.29 is 4.39 Å². The topological polar surface area (TPSA) is 0 Å². The van der Waals surface area contributed by atoms with E-state index in [9.17, 15) is 4.39 Å². The van der Waals surface area contributed by atoms with Crippen molar-refractivity contribution in [2.45, 2.75) is 45.9 Å². The molecule has 1 aromatic rings.